The number of hydrogen-bond donors (Lipinski definition) is 2. The molecule has 2 N–H and O–H groups in total. The third-order valence-corrected chi connectivity index (χ3v) is 1.38. The Morgan fingerprint density at radius 3 is 2.50 bits per heavy atom. The summed E-state index contributed by atoms with van der Waals surface area (Å²) in [6.45, 7) is 3.54. The molecule has 0 spiro atoms. The van der Waals surface area contributed by atoms with Gasteiger partial charge in [0.05, 0.1) is 11.5 Å². The topological polar surface area (TPSA) is 90.2 Å². The second-order valence-electron chi connectivity index (χ2n) is 3.39. The van der Waals surface area contributed by atoms with Crippen LogP contribution < -0.4 is 5.32 Å². The van der Waals surface area contributed by atoms with Gasteiger partial charge in [0.1, 0.15) is 0 Å². The summed E-state index contributed by atoms with van der Waals surface area (Å²) >= 11 is 0. The van der Waals surface area contributed by atoms with E-state index < -0.39 is 17.3 Å². The van der Waals surface area contributed by atoms with Crippen molar-refractivity contribution in [2.75, 3.05) is 6.54 Å². The minimum absolute atomic E-state index is 0.187. The molecule has 0 bridgehead atoms. The lowest BCUT2D eigenvalue weighted by molar-refractivity contribution is -0.131. The minimum Gasteiger partial charge on any atom is -0.478 e. The molecular weight excluding hydrogens is 184 g/mol. The Labute approximate surface area is 82.0 Å². The van der Waals surface area contributed by atoms with Crippen LogP contribution >= 0.6 is 0 Å². The van der Waals surface area contributed by atoms with Gasteiger partial charge in [-0.05, 0) is 13.8 Å². The summed E-state index contributed by atoms with van der Waals surface area (Å²) in [5, 5.41) is 19.2. The molecule has 0 aromatic heterocycles. The molecule has 0 unspecified atom stereocenters. The van der Waals surface area contributed by atoms with E-state index in [1.165, 1.54) is 0 Å². The van der Waals surface area contributed by atoms with Crippen LogP contribution in [0, 0.1) is 16.7 Å². The van der Waals surface area contributed by atoms with Crippen molar-refractivity contribution in [1.82, 2.24) is 5.32 Å². The van der Waals surface area contributed by atoms with Gasteiger partial charge in [-0.25, -0.2) is 4.79 Å². The van der Waals surface area contributed by atoms with Crippen LogP contribution in [-0.2, 0) is 9.59 Å². The van der Waals surface area contributed by atoms with Crippen molar-refractivity contribution in [3.63, 3.8) is 0 Å². The number of carbonyl (C=O) groups excluding carboxylic acids is 1. The molecule has 0 saturated heterocycles. The molecule has 0 fully saturated rings. The van der Waals surface area contributed by atoms with Crippen molar-refractivity contribution in [3.8, 4) is 6.07 Å². The van der Waals surface area contributed by atoms with E-state index in [9.17, 15) is 9.59 Å². The first-order valence-electron chi connectivity index (χ1n) is 3.97. The molecule has 14 heavy (non-hydrogen) atoms. The number of nitrogens with zero attached hydrogens (tertiary/aromatic N) is 1. The highest BCUT2D eigenvalue weighted by Crippen LogP contribution is 2.10. The summed E-state index contributed by atoms with van der Waals surface area (Å²) in [4.78, 5) is 21.0. The monoisotopic (exact) mass is 196 g/mol. The maximum atomic E-state index is 10.9. The normalized spacial score (nSPS) is 10.9. The number of amides is 1. The minimum atomic E-state index is -1.18. The number of aliphatic carboxylic acids is 1. The maximum Gasteiger partial charge on any atom is 0.328 e. The number of hydrogen-bond acceptors (Lipinski definition) is 3. The van der Waals surface area contributed by atoms with Crippen LogP contribution in [0.15, 0.2) is 12.2 Å². The smallest absolute Gasteiger partial charge is 0.328 e. The van der Waals surface area contributed by atoms with E-state index in [-0.39, 0.29) is 6.54 Å². The van der Waals surface area contributed by atoms with E-state index in [1.807, 2.05) is 6.07 Å². The molecular formula is C9H12N2O3. The lowest BCUT2D eigenvalue weighted by atomic mass is 9.96. The number of carboxylic acids is 1. The number of rotatable bonds is 4. The Balaban J connectivity index is 4.00. The highest BCUT2D eigenvalue weighted by atomic mass is 16.4. The molecule has 0 saturated carbocycles. The third kappa shape index (κ3) is 5.77. The Hall–Kier alpha value is -1.83. The zero-order valence-electron chi connectivity index (χ0n) is 8.07. The van der Waals surface area contributed by atoms with Crippen LogP contribution in [-0.4, -0.2) is 23.5 Å². The van der Waals surface area contributed by atoms with E-state index in [2.05, 4.69) is 5.32 Å². The molecule has 0 aliphatic rings. The van der Waals surface area contributed by atoms with Gasteiger partial charge in [0, 0.05) is 18.7 Å². The summed E-state index contributed by atoms with van der Waals surface area (Å²) < 4.78 is 0. The Morgan fingerprint density at radius 2 is 2.07 bits per heavy atom. The molecule has 0 aliphatic heterocycles. The lowest BCUT2D eigenvalue weighted by Crippen LogP contribution is -2.32. The van der Waals surface area contributed by atoms with Crippen molar-refractivity contribution in [2.45, 2.75) is 13.8 Å². The van der Waals surface area contributed by atoms with Crippen LogP contribution in [0.2, 0.25) is 0 Å². The summed E-state index contributed by atoms with van der Waals surface area (Å²) in [5.41, 5.74) is -0.646. The molecule has 5 heteroatoms. The first-order valence-corrected chi connectivity index (χ1v) is 3.97. The van der Waals surface area contributed by atoms with Crippen LogP contribution in [0.3, 0.4) is 0 Å². The number of nitrogens with one attached hydrogen (secondary N) is 1. The van der Waals surface area contributed by atoms with E-state index in [4.69, 9.17) is 10.4 Å². The van der Waals surface area contributed by atoms with Crippen LogP contribution in [0.1, 0.15) is 13.8 Å². The maximum absolute atomic E-state index is 10.9. The molecule has 0 radical (unpaired) electrons. The van der Waals surface area contributed by atoms with E-state index in [0.717, 1.165) is 12.2 Å². The summed E-state index contributed by atoms with van der Waals surface area (Å²) in [6, 6.07) is 2.01. The Kier molecular flexibility index (Phi) is 4.36. The second kappa shape index (κ2) is 5.02. The summed E-state index contributed by atoms with van der Waals surface area (Å²) in [7, 11) is 0. The molecule has 5 nitrogen and oxygen atoms in total. The van der Waals surface area contributed by atoms with Gasteiger partial charge in [0.25, 0.3) is 0 Å². The lowest BCUT2D eigenvalue weighted by Gasteiger charge is -2.14. The largest absolute Gasteiger partial charge is 0.478 e. The van der Waals surface area contributed by atoms with E-state index in [0.29, 0.717) is 0 Å². The highest BCUT2D eigenvalue weighted by Gasteiger charge is 2.16. The van der Waals surface area contributed by atoms with Crippen LogP contribution in [0.5, 0.6) is 0 Å². The van der Waals surface area contributed by atoms with Gasteiger partial charge in [0.15, 0.2) is 0 Å². The molecule has 1 amide bonds. The Bertz CT molecular complexity index is 300. The highest BCUT2D eigenvalue weighted by molar-refractivity contribution is 5.93. The SMILES string of the molecule is CC(C)(C#N)CNC(=O)/C=C/C(=O)O. The average molecular weight is 196 g/mol. The van der Waals surface area contributed by atoms with Crippen molar-refractivity contribution in [2.24, 2.45) is 5.41 Å². The van der Waals surface area contributed by atoms with Gasteiger partial charge in [-0.1, -0.05) is 0 Å². The Morgan fingerprint density at radius 1 is 1.50 bits per heavy atom. The van der Waals surface area contributed by atoms with Crippen molar-refractivity contribution in [3.05, 3.63) is 12.2 Å². The van der Waals surface area contributed by atoms with Crippen LogP contribution in [0.25, 0.3) is 0 Å². The fourth-order valence-corrected chi connectivity index (χ4v) is 0.554. The van der Waals surface area contributed by atoms with E-state index in [1.54, 1.807) is 13.8 Å². The predicted molar refractivity (Wildman–Crippen MR) is 49.2 cm³/mol. The van der Waals surface area contributed by atoms with Crippen molar-refractivity contribution >= 4 is 11.9 Å². The first-order chi connectivity index (χ1) is 6.37. The van der Waals surface area contributed by atoms with Crippen LogP contribution in [0.4, 0.5) is 0 Å². The zero-order chi connectivity index (χ0) is 11.2. The van der Waals surface area contributed by atoms with Crippen molar-refractivity contribution in [1.29, 1.82) is 5.26 Å². The molecule has 0 atom stereocenters. The van der Waals surface area contributed by atoms with E-state index >= 15 is 0 Å². The fraction of sp³-hybridized carbons (Fsp3) is 0.444. The first kappa shape index (κ1) is 12.2. The van der Waals surface area contributed by atoms with Gasteiger partial charge < -0.3 is 10.4 Å². The predicted octanol–water partition coefficient (Wildman–Crippen LogP) is 0.293. The molecule has 0 heterocycles. The average Bonchev–Trinajstić information content (AvgIpc) is 2.11. The standard InChI is InChI=1S/C9H12N2O3/c1-9(2,5-10)6-11-7(12)3-4-8(13)14/h3-4H,6H2,1-2H3,(H,11,12)(H,13,14)/b4-3+. The van der Waals surface area contributed by atoms with Gasteiger partial charge in [-0.15, -0.1) is 0 Å². The summed E-state index contributed by atoms with van der Waals surface area (Å²) in [5.74, 6) is -1.70. The molecule has 0 aromatic rings. The quantitative estimate of drug-likeness (QED) is 0.632. The fourth-order valence-electron chi connectivity index (χ4n) is 0.554. The van der Waals surface area contributed by atoms with Gasteiger partial charge in [-0.2, -0.15) is 5.26 Å². The zero-order valence-corrected chi connectivity index (χ0v) is 8.07. The molecule has 76 valence electrons. The van der Waals surface area contributed by atoms with Gasteiger partial charge in [0.2, 0.25) is 5.91 Å². The number of carbonyl (C=O) groups is 2. The molecule has 0 rings (SSSR count). The summed E-state index contributed by atoms with van der Waals surface area (Å²) in [6.07, 6.45) is 1.66. The second-order valence-corrected chi connectivity index (χ2v) is 3.39. The molecule has 0 aromatic carbocycles. The third-order valence-electron chi connectivity index (χ3n) is 1.38. The molecule has 0 aliphatic carbocycles. The van der Waals surface area contributed by atoms with Gasteiger partial charge in [-0.3, -0.25) is 4.79 Å². The van der Waals surface area contributed by atoms with Crippen molar-refractivity contribution < 1.29 is 14.7 Å². The number of carboxylic acid groups (broad SMARTS) is 1. The van der Waals surface area contributed by atoms with Gasteiger partial charge >= 0.3 is 5.97 Å². The number of nitriles is 1.